The van der Waals surface area contributed by atoms with Crippen LogP contribution in [-0.4, -0.2) is 9.55 Å². The molecule has 2 nitrogen and oxygen atoms in total. The zero-order valence-electron chi connectivity index (χ0n) is 15.0. The molecule has 3 heterocycles. The third-order valence-corrected chi connectivity index (χ3v) is 6.25. The van der Waals surface area contributed by atoms with E-state index in [2.05, 4.69) is 87.7 Å². The molecule has 3 aromatic heterocycles. The molecule has 0 N–H and O–H groups in total. The highest BCUT2D eigenvalue weighted by Crippen LogP contribution is 2.36. The molecule has 0 radical (unpaired) electrons. The number of hydrogen-bond acceptors (Lipinski definition) is 2. The first-order valence-corrected chi connectivity index (χ1v) is 10.2. The summed E-state index contributed by atoms with van der Waals surface area (Å²) in [5, 5.41) is 6.07. The number of rotatable bonds is 2. The summed E-state index contributed by atoms with van der Waals surface area (Å²) in [5.74, 6) is 0. The molecule has 0 spiro atoms. The van der Waals surface area contributed by atoms with Crippen LogP contribution in [0.1, 0.15) is 0 Å². The maximum Gasteiger partial charge on any atom is 0.0548 e. The van der Waals surface area contributed by atoms with E-state index in [9.17, 15) is 0 Å². The summed E-state index contributed by atoms with van der Waals surface area (Å²) >= 11 is 1.80. The van der Waals surface area contributed by atoms with Crippen LogP contribution in [0.25, 0.3) is 48.7 Å². The lowest BCUT2D eigenvalue weighted by molar-refractivity contribution is 1.18. The van der Waals surface area contributed by atoms with Crippen LogP contribution in [-0.2, 0) is 0 Å². The van der Waals surface area contributed by atoms with Crippen LogP contribution in [0.15, 0.2) is 96.6 Å². The normalized spacial score (nSPS) is 11.6. The lowest BCUT2D eigenvalue weighted by Crippen LogP contribution is -1.93. The molecular formula is C25H16N2S. The highest BCUT2D eigenvalue weighted by molar-refractivity contribution is 7.17. The first kappa shape index (κ1) is 15.6. The van der Waals surface area contributed by atoms with Crippen molar-refractivity contribution >= 4 is 43.2 Å². The van der Waals surface area contributed by atoms with Crippen molar-refractivity contribution in [2.45, 2.75) is 0 Å². The van der Waals surface area contributed by atoms with Crippen molar-refractivity contribution in [3.05, 3.63) is 96.6 Å². The van der Waals surface area contributed by atoms with Gasteiger partial charge in [0.25, 0.3) is 0 Å². The van der Waals surface area contributed by atoms with Gasteiger partial charge in [0.15, 0.2) is 0 Å². The molecule has 0 saturated carbocycles. The van der Waals surface area contributed by atoms with Crippen molar-refractivity contribution < 1.29 is 0 Å². The summed E-state index contributed by atoms with van der Waals surface area (Å²) in [4.78, 5) is 4.23. The molecular weight excluding hydrogens is 360 g/mol. The van der Waals surface area contributed by atoms with Gasteiger partial charge in [-0.25, -0.2) is 0 Å². The lowest BCUT2D eigenvalue weighted by atomic mass is 10.1. The fourth-order valence-corrected chi connectivity index (χ4v) is 4.85. The number of benzene rings is 3. The minimum atomic E-state index is 1.14. The minimum absolute atomic E-state index is 1.14. The van der Waals surface area contributed by atoms with Crippen molar-refractivity contribution in [2.75, 3.05) is 0 Å². The van der Waals surface area contributed by atoms with Gasteiger partial charge in [-0.2, -0.15) is 0 Å². The predicted molar refractivity (Wildman–Crippen MR) is 119 cm³/mol. The standard InChI is InChI=1S/C25H16N2S/c1-2-6-23-21(5-1)22-15-25-18(11-13-28-25)14-24(22)27(23)20-9-7-17(8-10-20)19-4-3-12-26-16-19/h1-16H. The van der Waals surface area contributed by atoms with Gasteiger partial charge in [-0.05, 0) is 64.4 Å². The van der Waals surface area contributed by atoms with E-state index >= 15 is 0 Å². The van der Waals surface area contributed by atoms with E-state index < -0.39 is 0 Å². The van der Waals surface area contributed by atoms with Gasteiger partial charge >= 0.3 is 0 Å². The molecule has 0 atom stereocenters. The summed E-state index contributed by atoms with van der Waals surface area (Å²) in [6.07, 6.45) is 3.71. The van der Waals surface area contributed by atoms with Crippen LogP contribution in [0.3, 0.4) is 0 Å². The number of thiophene rings is 1. The maximum absolute atomic E-state index is 4.23. The van der Waals surface area contributed by atoms with Gasteiger partial charge in [-0.3, -0.25) is 4.98 Å². The van der Waals surface area contributed by atoms with Crippen molar-refractivity contribution in [1.29, 1.82) is 0 Å². The Morgan fingerprint density at radius 2 is 1.61 bits per heavy atom. The molecule has 0 saturated heterocycles. The SMILES string of the molecule is c1cncc(-c2ccc(-n3c4ccccc4c4cc5sccc5cc43)cc2)c1. The molecule has 132 valence electrons. The third-order valence-electron chi connectivity index (χ3n) is 5.37. The van der Waals surface area contributed by atoms with Crippen LogP contribution >= 0.6 is 11.3 Å². The van der Waals surface area contributed by atoms with E-state index in [-0.39, 0.29) is 0 Å². The van der Waals surface area contributed by atoms with Gasteiger partial charge in [-0.1, -0.05) is 36.4 Å². The van der Waals surface area contributed by atoms with Gasteiger partial charge in [0, 0.05) is 33.6 Å². The average Bonchev–Trinajstić information content (AvgIpc) is 3.35. The highest BCUT2D eigenvalue weighted by Gasteiger charge is 2.13. The van der Waals surface area contributed by atoms with Crippen LogP contribution in [0.5, 0.6) is 0 Å². The first-order valence-electron chi connectivity index (χ1n) is 9.30. The Bertz CT molecular complexity index is 1440. The second kappa shape index (κ2) is 6.04. The van der Waals surface area contributed by atoms with Gasteiger partial charge in [-0.15, -0.1) is 11.3 Å². The van der Waals surface area contributed by atoms with Crippen molar-refractivity contribution in [2.24, 2.45) is 0 Å². The van der Waals surface area contributed by atoms with Crippen LogP contribution in [0.2, 0.25) is 0 Å². The average molecular weight is 376 g/mol. The van der Waals surface area contributed by atoms with E-state index in [1.807, 2.05) is 12.3 Å². The van der Waals surface area contributed by atoms with E-state index in [0.29, 0.717) is 0 Å². The number of nitrogens with zero attached hydrogens (tertiary/aromatic N) is 2. The maximum atomic E-state index is 4.23. The zero-order valence-corrected chi connectivity index (χ0v) is 15.9. The molecule has 6 aromatic rings. The Balaban J connectivity index is 1.62. The Hall–Kier alpha value is -3.43. The van der Waals surface area contributed by atoms with E-state index in [4.69, 9.17) is 0 Å². The fraction of sp³-hybridized carbons (Fsp3) is 0. The van der Waals surface area contributed by atoms with E-state index in [0.717, 1.165) is 5.56 Å². The lowest BCUT2D eigenvalue weighted by Gasteiger charge is -2.09. The largest absolute Gasteiger partial charge is 0.309 e. The van der Waals surface area contributed by atoms with Gasteiger partial charge in [0.2, 0.25) is 0 Å². The Morgan fingerprint density at radius 3 is 2.46 bits per heavy atom. The predicted octanol–water partition coefficient (Wildman–Crippen LogP) is 7.06. The second-order valence-electron chi connectivity index (χ2n) is 6.97. The third kappa shape index (κ3) is 2.30. The molecule has 0 unspecified atom stereocenters. The number of fused-ring (bicyclic) bond motifs is 4. The van der Waals surface area contributed by atoms with Crippen molar-refractivity contribution in [3.63, 3.8) is 0 Å². The summed E-state index contributed by atoms with van der Waals surface area (Å²) in [6, 6.07) is 28.3. The summed E-state index contributed by atoms with van der Waals surface area (Å²) in [5.41, 5.74) is 5.98. The highest BCUT2D eigenvalue weighted by atomic mass is 32.1. The molecule has 0 fully saturated rings. The fourth-order valence-electron chi connectivity index (χ4n) is 4.04. The quantitative estimate of drug-likeness (QED) is 0.316. The summed E-state index contributed by atoms with van der Waals surface area (Å²) in [6.45, 7) is 0. The molecule has 6 rings (SSSR count). The number of para-hydroxylation sites is 1. The topological polar surface area (TPSA) is 17.8 Å². The van der Waals surface area contributed by atoms with E-state index in [1.165, 1.54) is 43.1 Å². The van der Waals surface area contributed by atoms with E-state index in [1.54, 1.807) is 17.5 Å². The number of aromatic nitrogens is 2. The zero-order chi connectivity index (χ0) is 18.5. The smallest absolute Gasteiger partial charge is 0.0548 e. The molecule has 3 heteroatoms. The Labute approximate surface area is 166 Å². The van der Waals surface area contributed by atoms with Gasteiger partial charge in [0.1, 0.15) is 0 Å². The molecule has 0 aliphatic rings. The summed E-state index contributed by atoms with van der Waals surface area (Å²) < 4.78 is 3.71. The van der Waals surface area contributed by atoms with Crippen molar-refractivity contribution in [3.8, 4) is 16.8 Å². The molecule has 3 aromatic carbocycles. The minimum Gasteiger partial charge on any atom is -0.309 e. The number of hydrogen-bond donors (Lipinski definition) is 0. The molecule has 0 aliphatic heterocycles. The van der Waals surface area contributed by atoms with Crippen LogP contribution < -0.4 is 0 Å². The van der Waals surface area contributed by atoms with Crippen LogP contribution in [0.4, 0.5) is 0 Å². The Morgan fingerprint density at radius 1 is 0.714 bits per heavy atom. The first-order chi connectivity index (χ1) is 13.9. The molecule has 28 heavy (non-hydrogen) atoms. The number of pyridine rings is 1. The summed E-state index contributed by atoms with van der Waals surface area (Å²) in [7, 11) is 0. The van der Waals surface area contributed by atoms with Crippen molar-refractivity contribution in [1.82, 2.24) is 9.55 Å². The van der Waals surface area contributed by atoms with Crippen LogP contribution in [0, 0.1) is 0 Å². The Kier molecular flexibility index (Phi) is 3.37. The second-order valence-corrected chi connectivity index (χ2v) is 7.92. The molecule has 0 bridgehead atoms. The van der Waals surface area contributed by atoms with Gasteiger partial charge in [0.05, 0.1) is 11.0 Å². The molecule has 0 amide bonds. The molecule has 0 aliphatic carbocycles. The monoisotopic (exact) mass is 376 g/mol. The van der Waals surface area contributed by atoms with Gasteiger partial charge < -0.3 is 4.57 Å².